The molecule has 0 fully saturated rings. The Hall–Kier alpha value is -1.67. The Morgan fingerprint density at radius 2 is 2.27 bits per heavy atom. The molecule has 4 heteroatoms. The number of benzene rings is 1. The first-order valence-electron chi connectivity index (χ1n) is 4.62. The third-order valence-electron chi connectivity index (χ3n) is 1.71. The quantitative estimate of drug-likeness (QED) is 0.564. The van der Waals surface area contributed by atoms with Crippen molar-refractivity contribution in [3.8, 4) is 5.75 Å². The van der Waals surface area contributed by atoms with Crippen molar-refractivity contribution in [1.82, 2.24) is 0 Å². The summed E-state index contributed by atoms with van der Waals surface area (Å²) >= 11 is 0. The molecular formula is C11H12FNO2. The minimum absolute atomic E-state index is 0.00301. The van der Waals surface area contributed by atoms with Crippen LogP contribution in [-0.2, 0) is 11.3 Å². The molecule has 0 heterocycles. The predicted molar refractivity (Wildman–Crippen MR) is 54.0 cm³/mol. The standard InChI is InChI=1S/C11H12FNO2/c1-8(2)15-10-4-3-9(6-13-7-14)11(12)5-10/h3-5,8H,6H2,1-2H3. The number of rotatable bonds is 4. The number of hydrogen-bond acceptors (Lipinski definition) is 3. The molecule has 1 aromatic carbocycles. The first-order valence-corrected chi connectivity index (χ1v) is 4.62. The molecule has 0 N–H and O–H groups in total. The van der Waals surface area contributed by atoms with Gasteiger partial charge in [0.15, 0.2) is 0 Å². The lowest BCUT2D eigenvalue weighted by atomic mass is 10.2. The smallest absolute Gasteiger partial charge is 0.235 e. The zero-order valence-corrected chi connectivity index (χ0v) is 8.66. The van der Waals surface area contributed by atoms with Gasteiger partial charge in [0.05, 0.1) is 12.6 Å². The number of halogens is 1. The summed E-state index contributed by atoms with van der Waals surface area (Å²) in [6.07, 6.45) is 1.37. The summed E-state index contributed by atoms with van der Waals surface area (Å²) in [5.41, 5.74) is 0.356. The van der Waals surface area contributed by atoms with Crippen LogP contribution >= 0.6 is 0 Å². The van der Waals surface area contributed by atoms with Crippen molar-refractivity contribution in [3.05, 3.63) is 29.6 Å². The van der Waals surface area contributed by atoms with E-state index >= 15 is 0 Å². The van der Waals surface area contributed by atoms with Crippen molar-refractivity contribution in [2.75, 3.05) is 0 Å². The molecule has 0 radical (unpaired) electrons. The van der Waals surface area contributed by atoms with Crippen LogP contribution in [0.1, 0.15) is 19.4 Å². The summed E-state index contributed by atoms with van der Waals surface area (Å²) in [5, 5.41) is 0. The lowest BCUT2D eigenvalue weighted by molar-refractivity contribution is 0.241. The van der Waals surface area contributed by atoms with E-state index in [1.165, 1.54) is 12.1 Å². The van der Waals surface area contributed by atoms with Gasteiger partial charge in [0.2, 0.25) is 6.08 Å². The minimum atomic E-state index is -0.424. The van der Waals surface area contributed by atoms with Gasteiger partial charge in [0.25, 0.3) is 0 Å². The molecule has 0 amide bonds. The van der Waals surface area contributed by atoms with Gasteiger partial charge in [-0.25, -0.2) is 14.2 Å². The van der Waals surface area contributed by atoms with E-state index in [2.05, 4.69) is 4.99 Å². The molecule has 0 spiro atoms. The lowest BCUT2D eigenvalue weighted by Gasteiger charge is -2.10. The fraction of sp³-hybridized carbons (Fsp3) is 0.364. The van der Waals surface area contributed by atoms with Gasteiger partial charge in [-0.3, -0.25) is 0 Å². The first kappa shape index (κ1) is 11.4. The zero-order chi connectivity index (χ0) is 11.3. The Morgan fingerprint density at radius 1 is 1.53 bits per heavy atom. The molecule has 0 bridgehead atoms. The van der Waals surface area contributed by atoms with Crippen LogP contribution in [0.5, 0.6) is 5.75 Å². The van der Waals surface area contributed by atoms with Crippen LogP contribution in [0.2, 0.25) is 0 Å². The second kappa shape index (κ2) is 5.27. The van der Waals surface area contributed by atoms with Gasteiger partial charge in [-0.1, -0.05) is 6.07 Å². The van der Waals surface area contributed by atoms with Crippen molar-refractivity contribution in [2.24, 2.45) is 4.99 Å². The van der Waals surface area contributed by atoms with E-state index in [4.69, 9.17) is 4.74 Å². The largest absolute Gasteiger partial charge is 0.491 e. The Morgan fingerprint density at radius 3 is 2.80 bits per heavy atom. The van der Waals surface area contributed by atoms with Crippen molar-refractivity contribution in [3.63, 3.8) is 0 Å². The van der Waals surface area contributed by atoms with Crippen LogP contribution in [0.4, 0.5) is 4.39 Å². The highest BCUT2D eigenvalue weighted by molar-refractivity contribution is 5.35. The van der Waals surface area contributed by atoms with Gasteiger partial charge in [-0.2, -0.15) is 0 Å². The maximum atomic E-state index is 13.4. The molecule has 0 aliphatic carbocycles. The third kappa shape index (κ3) is 3.52. The van der Waals surface area contributed by atoms with E-state index in [1.54, 1.807) is 12.1 Å². The number of aliphatic imine (C=N–C) groups is 1. The van der Waals surface area contributed by atoms with E-state index in [1.807, 2.05) is 13.8 Å². The molecule has 0 aliphatic heterocycles. The Kier molecular flexibility index (Phi) is 4.01. The molecule has 1 rings (SSSR count). The van der Waals surface area contributed by atoms with Gasteiger partial charge in [0, 0.05) is 11.6 Å². The maximum absolute atomic E-state index is 13.4. The topological polar surface area (TPSA) is 38.7 Å². The fourth-order valence-electron chi connectivity index (χ4n) is 1.12. The predicted octanol–water partition coefficient (Wildman–Crippen LogP) is 2.45. The van der Waals surface area contributed by atoms with Gasteiger partial charge < -0.3 is 4.74 Å². The summed E-state index contributed by atoms with van der Waals surface area (Å²) in [5.74, 6) is 0.0495. The highest BCUT2D eigenvalue weighted by atomic mass is 19.1. The van der Waals surface area contributed by atoms with Gasteiger partial charge in [-0.05, 0) is 19.9 Å². The summed E-state index contributed by atoms with van der Waals surface area (Å²) in [6, 6.07) is 4.49. The van der Waals surface area contributed by atoms with Gasteiger partial charge in [0.1, 0.15) is 11.6 Å². The van der Waals surface area contributed by atoms with Crippen LogP contribution in [-0.4, -0.2) is 12.2 Å². The molecule has 0 aromatic heterocycles. The van der Waals surface area contributed by atoms with Crippen molar-refractivity contribution >= 4 is 6.08 Å². The summed E-state index contributed by atoms with van der Waals surface area (Å²) in [7, 11) is 0. The molecule has 0 saturated heterocycles. The number of carbonyl (C=O) groups excluding carboxylic acids is 1. The van der Waals surface area contributed by atoms with Crippen LogP contribution in [0.25, 0.3) is 0 Å². The Bertz CT molecular complexity index is 384. The number of isocyanates is 1. The highest BCUT2D eigenvalue weighted by Crippen LogP contribution is 2.18. The number of ether oxygens (including phenoxy) is 1. The SMILES string of the molecule is CC(C)Oc1ccc(CN=C=O)c(F)c1. The second-order valence-corrected chi connectivity index (χ2v) is 3.33. The fourth-order valence-corrected chi connectivity index (χ4v) is 1.12. The molecule has 1 aromatic rings. The number of nitrogens with zero attached hydrogens (tertiary/aromatic N) is 1. The van der Waals surface area contributed by atoms with Crippen LogP contribution in [0.15, 0.2) is 23.2 Å². The van der Waals surface area contributed by atoms with Crippen LogP contribution in [0.3, 0.4) is 0 Å². The Balaban J connectivity index is 2.82. The molecule has 0 saturated carbocycles. The van der Waals surface area contributed by atoms with Crippen LogP contribution < -0.4 is 4.74 Å². The van der Waals surface area contributed by atoms with Gasteiger partial charge >= 0.3 is 0 Å². The zero-order valence-electron chi connectivity index (χ0n) is 8.66. The lowest BCUT2D eigenvalue weighted by Crippen LogP contribution is -2.05. The van der Waals surface area contributed by atoms with E-state index < -0.39 is 5.82 Å². The Labute approximate surface area is 87.6 Å². The molecule has 0 aliphatic rings. The molecule has 0 unspecified atom stereocenters. The molecule has 80 valence electrons. The maximum Gasteiger partial charge on any atom is 0.235 e. The normalized spacial score (nSPS) is 9.87. The molecule has 15 heavy (non-hydrogen) atoms. The molecular weight excluding hydrogens is 197 g/mol. The second-order valence-electron chi connectivity index (χ2n) is 3.33. The minimum Gasteiger partial charge on any atom is -0.491 e. The average molecular weight is 209 g/mol. The van der Waals surface area contributed by atoms with E-state index in [-0.39, 0.29) is 12.6 Å². The average Bonchev–Trinajstić information content (AvgIpc) is 2.15. The third-order valence-corrected chi connectivity index (χ3v) is 1.71. The summed E-state index contributed by atoms with van der Waals surface area (Å²) in [4.78, 5) is 13.2. The first-order chi connectivity index (χ1) is 7.13. The van der Waals surface area contributed by atoms with E-state index in [0.717, 1.165) is 0 Å². The molecule has 0 atom stereocenters. The van der Waals surface area contributed by atoms with Crippen molar-refractivity contribution < 1.29 is 13.9 Å². The van der Waals surface area contributed by atoms with E-state index in [9.17, 15) is 9.18 Å². The summed E-state index contributed by atoms with van der Waals surface area (Å²) in [6.45, 7) is 3.74. The van der Waals surface area contributed by atoms with E-state index in [0.29, 0.717) is 11.3 Å². The highest BCUT2D eigenvalue weighted by Gasteiger charge is 2.04. The van der Waals surface area contributed by atoms with Crippen molar-refractivity contribution in [1.29, 1.82) is 0 Å². The number of hydrogen-bond donors (Lipinski definition) is 0. The van der Waals surface area contributed by atoms with Crippen LogP contribution in [0, 0.1) is 5.82 Å². The molecule has 3 nitrogen and oxygen atoms in total. The van der Waals surface area contributed by atoms with Crippen molar-refractivity contribution in [2.45, 2.75) is 26.5 Å². The monoisotopic (exact) mass is 209 g/mol. The van der Waals surface area contributed by atoms with Gasteiger partial charge in [-0.15, -0.1) is 0 Å². The summed E-state index contributed by atoms with van der Waals surface area (Å²) < 4.78 is 18.7.